The van der Waals surface area contributed by atoms with Crippen LogP contribution in [-0.2, 0) is 0 Å². The minimum absolute atomic E-state index is 0.189. The number of hydrogen-bond acceptors (Lipinski definition) is 3. The Labute approximate surface area is 157 Å². The van der Waals surface area contributed by atoms with Crippen LogP contribution in [0, 0.1) is 20.8 Å². The maximum atomic E-state index is 6.19. The number of fused-ring (bicyclic) bond motifs is 1. The molecule has 2 heterocycles. The van der Waals surface area contributed by atoms with Gasteiger partial charge in [0.1, 0.15) is 0 Å². The molecule has 2 aromatic heterocycles. The summed E-state index contributed by atoms with van der Waals surface area (Å²) in [7, 11) is 0. The van der Waals surface area contributed by atoms with E-state index in [4.69, 9.17) is 9.72 Å². The van der Waals surface area contributed by atoms with E-state index in [1.165, 1.54) is 16.7 Å². The lowest BCUT2D eigenvalue weighted by Crippen LogP contribution is -2.16. The van der Waals surface area contributed by atoms with Crippen molar-refractivity contribution in [2.24, 2.45) is 0 Å². The van der Waals surface area contributed by atoms with Crippen LogP contribution in [0.15, 0.2) is 28.9 Å². The average Bonchev–Trinajstić information content (AvgIpc) is 2.95. The molecule has 0 saturated heterocycles. The van der Waals surface area contributed by atoms with E-state index in [1.54, 1.807) is 0 Å². The highest BCUT2D eigenvalue weighted by atomic mass is 79.9. The highest BCUT2D eigenvalue weighted by Gasteiger charge is 2.17. The van der Waals surface area contributed by atoms with Gasteiger partial charge in [-0.3, -0.25) is 0 Å². The minimum atomic E-state index is 0.189. The molecule has 0 bridgehead atoms. The summed E-state index contributed by atoms with van der Waals surface area (Å²) in [5, 5.41) is 4.58. The van der Waals surface area contributed by atoms with E-state index in [0.29, 0.717) is 0 Å². The summed E-state index contributed by atoms with van der Waals surface area (Å²) in [6.45, 7) is 10.5. The van der Waals surface area contributed by atoms with Crippen molar-refractivity contribution >= 4 is 21.6 Å². The summed E-state index contributed by atoms with van der Waals surface area (Å²) >= 11 is 3.57. The molecule has 0 unspecified atom stereocenters. The highest BCUT2D eigenvalue weighted by Crippen LogP contribution is 2.33. The molecule has 0 fully saturated rings. The molecule has 3 rings (SSSR count). The number of aryl methyl sites for hydroxylation is 3. The number of hydrogen-bond donors (Lipinski definition) is 0. The Balaban J connectivity index is 2.19. The second-order valence-electron chi connectivity index (χ2n) is 6.50. The maximum absolute atomic E-state index is 6.19. The highest BCUT2D eigenvalue weighted by molar-refractivity contribution is 9.10. The van der Waals surface area contributed by atoms with Crippen LogP contribution in [0.1, 0.15) is 43.5 Å². The molecule has 0 spiro atoms. The molecule has 0 amide bonds. The van der Waals surface area contributed by atoms with Crippen LogP contribution in [0.25, 0.3) is 16.8 Å². The Kier molecular flexibility index (Phi) is 5.13. The van der Waals surface area contributed by atoms with Crippen LogP contribution >= 0.6 is 15.9 Å². The van der Waals surface area contributed by atoms with Gasteiger partial charge < -0.3 is 4.74 Å². The fourth-order valence-electron chi connectivity index (χ4n) is 3.27. The van der Waals surface area contributed by atoms with E-state index in [-0.39, 0.29) is 6.10 Å². The van der Waals surface area contributed by atoms with Crippen molar-refractivity contribution in [3.05, 3.63) is 45.7 Å². The molecular weight excluding hydrogens is 378 g/mol. The second-order valence-corrected chi connectivity index (χ2v) is 7.42. The first kappa shape index (κ1) is 17.9. The number of aromatic nitrogens is 3. The fraction of sp³-hybridized carbons (Fsp3) is 0.400. The summed E-state index contributed by atoms with van der Waals surface area (Å²) < 4.78 is 9.10. The van der Waals surface area contributed by atoms with E-state index in [0.717, 1.165) is 40.1 Å². The third-order valence-corrected chi connectivity index (χ3v) is 4.99. The van der Waals surface area contributed by atoms with Crippen LogP contribution in [0.5, 0.6) is 5.88 Å². The van der Waals surface area contributed by atoms with E-state index in [9.17, 15) is 0 Å². The summed E-state index contributed by atoms with van der Waals surface area (Å²) in [6, 6.07) is 6.22. The third kappa shape index (κ3) is 3.43. The topological polar surface area (TPSA) is 39.4 Å². The minimum Gasteiger partial charge on any atom is -0.474 e. The molecule has 1 aromatic carbocycles. The van der Waals surface area contributed by atoms with Crippen molar-refractivity contribution in [3.8, 4) is 17.0 Å². The lowest BCUT2D eigenvalue weighted by Gasteiger charge is -2.16. The Morgan fingerprint density at radius 3 is 2.32 bits per heavy atom. The van der Waals surface area contributed by atoms with Gasteiger partial charge in [0.15, 0.2) is 5.65 Å². The zero-order chi connectivity index (χ0) is 18.1. The van der Waals surface area contributed by atoms with Crippen LogP contribution in [-0.4, -0.2) is 20.7 Å². The predicted molar refractivity (Wildman–Crippen MR) is 105 cm³/mol. The van der Waals surface area contributed by atoms with Gasteiger partial charge in [0.05, 0.1) is 12.3 Å². The maximum Gasteiger partial charge on any atom is 0.218 e. The molecule has 5 heteroatoms. The Morgan fingerprint density at radius 1 is 1.08 bits per heavy atom. The van der Waals surface area contributed by atoms with Crippen molar-refractivity contribution in [1.82, 2.24) is 14.6 Å². The summed E-state index contributed by atoms with van der Waals surface area (Å²) in [4.78, 5) is 4.74. The van der Waals surface area contributed by atoms with Gasteiger partial charge in [-0.05, 0) is 62.4 Å². The standard InChI is InChI=1S/C20H24BrN3O/c1-6-16(7-2)25-18-10-14(5)23-20-17(11-22-24(18)20)19-12(3)8-15(21)9-13(19)4/h8-11,16H,6-7H2,1-5H3. The van der Waals surface area contributed by atoms with Crippen molar-refractivity contribution in [2.75, 3.05) is 0 Å². The zero-order valence-electron chi connectivity index (χ0n) is 15.4. The first-order valence-electron chi connectivity index (χ1n) is 8.73. The smallest absolute Gasteiger partial charge is 0.218 e. The molecule has 0 aliphatic carbocycles. The second kappa shape index (κ2) is 7.16. The average molecular weight is 402 g/mol. The quantitative estimate of drug-likeness (QED) is 0.554. The number of ether oxygens (including phenoxy) is 1. The van der Waals surface area contributed by atoms with Gasteiger partial charge >= 0.3 is 0 Å². The van der Waals surface area contributed by atoms with Gasteiger partial charge in [0.2, 0.25) is 5.88 Å². The monoisotopic (exact) mass is 401 g/mol. The number of benzene rings is 1. The Morgan fingerprint density at radius 2 is 1.72 bits per heavy atom. The van der Waals surface area contributed by atoms with E-state index < -0.39 is 0 Å². The SMILES string of the molecule is CCC(CC)Oc1cc(C)nc2c(-c3c(C)cc(Br)cc3C)cnn12. The normalized spacial score (nSPS) is 11.5. The molecule has 3 aromatic rings. The van der Waals surface area contributed by atoms with Crippen molar-refractivity contribution in [1.29, 1.82) is 0 Å². The Hall–Kier alpha value is -1.88. The molecule has 0 N–H and O–H groups in total. The largest absolute Gasteiger partial charge is 0.474 e. The lowest BCUT2D eigenvalue weighted by molar-refractivity contribution is 0.180. The number of halogens is 1. The molecule has 0 aliphatic rings. The summed E-state index contributed by atoms with van der Waals surface area (Å²) in [6.07, 6.45) is 4.02. The Bertz CT molecular complexity index is 890. The van der Waals surface area contributed by atoms with E-state index in [1.807, 2.05) is 23.7 Å². The van der Waals surface area contributed by atoms with Crippen molar-refractivity contribution in [2.45, 2.75) is 53.6 Å². The fourth-order valence-corrected chi connectivity index (χ4v) is 3.96. The van der Waals surface area contributed by atoms with Crippen LogP contribution in [0.2, 0.25) is 0 Å². The van der Waals surface area contributed by atoms with Gasteiger partial charge in [-0.25, -0.2) is 4.98 Å². The van der Waals surface area contributed by atoms with Crippen molar-refractivity contribution in [3.63, 3.8) is 0 Å². The zero-order valence-corrected chi connectivity index (χ0v) is 17.0. The van der Waals surface area contributed by atoms with Crippen LogP contribution in [0.3, 0.4) is 0 Å². The van der Waals surface area contributed by atoms with Crippen molar-refractivity contribution < 1.29 is 4.74 Å². The molecule has 0 aliphatic heterocycles. The van der Waals surface area contributed by atoms with E-state index in [2.05, 4.69) is 60.9 Å². The molecule has 0 saturated carbocycles. The van der Waals surface area contributed by atoms with Gasteiger partial charge in [-0.15, -0.1) is 0 Å². The molecule has 4 nitrogen and oxygen atoms in total. The lowest BCUT2D eigenvalue weighted by atomic mass is 9.98. The number of rotatable bonds is 5. The molecule has 0 atom stereocenters. The molecule has 25 heavy (non-hydrogen) atoms. The predicted octanol–water partition coefficient (Wildman–Crippen LogP) is 5.65. The first-order valence-corrected chi connectivity index (χ1v) is 9.53. The van der Waals surface area contributed by atoms with Gasteiger partial charge in [-0.2, -0.15) is 9.61 Å². The molecule has 0 radical (unpaired) electrons. The number of nitrogens with zero attached hydrogens (tertiary/aromatic N) is 3. The first-order chi connectivity index (χ1) is 11.9. The molecular formula is C20H24BrN3O. The van der Waals surface area contributed by atoms with Crippen LogP contribution < -0.4 is 4.74 Å². The van der Waals surface area contributed by atoms with Gasteiger partial charge in [0, 0.05) is 21.8 Å². The summed E-state index contributed by atoms with van der Waals surface area (Å²) in [5.74, 6) is 0.759. The third-order valence-electron chi connectivity index (χ3n) is 4.53. The van der Waals surface area contributed by atoms with E-state index >= 15 is 0 Å². The van der Waals surface area contributed by atoms with Gasteiger partial charge in [-0.1, -0.05) is 29.8 Å². The van der Waals surface area contributed by atoms with Crippen LogP contribution in [0.4, 0.5) is 0 Å². The molecule has 132 valence electrons. The summed E-state index contributed by atoms with van der Waals surface area (Å²) in [5.41, 5.74) is 6.41. The van der Waals surface area contributed by atoms with Gasteiger partial charge in [0.25, 0.3) is 0 Å².